The molecule has 0 saturated heterocycles. The van der Waals surface area contributed by atoms with Crippen molar-refractivity contribution < 1.29 is 9.90 Å². The molecule has 4 heteroatoms. The summed E-state index contributed by atoms with van der Waals surface area (Å²) in [5.74, 6) is -0.434. The maximum Gasteiger partial charge on any atom is 0.332 e. The van der Waals surface area contributed by atoms with Gasteiger partial charge in [0.1, 0.15) is 0 Å². The van der Waals surface area contributed by atoms with Crippen molar-refractivity contribution in [1.29, 1.82) is 0 Å². The van der Waals surface area contributed by atoms with E-state index in [-0.39, 0.29) is 0 Å². The molecule has 1 N–H and O–H groups in total. The molecule has 102 valence electrons. The van der Waals surface area contributed by atoms with E-state index in [0.717, 1.165) is 18.4 Å². The summed E-state index contributed by atoms with van der Waals surface area (Å²) in [5, 5.41) is 10.5. The Morgan fingerprint density at radius 1 is 1.32 bits per heavy atom. The van der Waals surface area contributed by atoms with Crippen LogP contribution in [-0.2, 0) is 10.2 Å². The quantitative estimate of drug-likeness (QED) is 0.860. The molecule has 0 aliphatic heterocycles. The summed E-state index contributed by atoms with van der Waals surface area (Å²) in [6.45, 7) is 4.07. The van der Waals surface area contributed by atoms with Crippen LogP contribution >= 0.6 is 23.2 Å². The zero-order chi connectivity index (χ0) is 14.2. The smallest absolute Gasteiger partial charge is 0.332 e. The van der Waals surface area contributed by atoms with Gasteiger partial charge < -0.3 is 5.11 Å². The van der Waals surface area contributed by atoms with Gasteiger partial charge in [0.25, 0.3) is 0 Å². The van der Waals surface area contributed by atoms with Crippen molar-refractivity contribution >= 4 is 29.2 Å². The SMILES string of the molecule is CC1CC=C(C(=O)O)C(C)(c2cc(Cl)cc(Cl)c2)C1. The van der Waals surface area contributed by atoms with Crippen LogP contribution in [0.1, 0.15) is 32.3 Å². The minimum absolute atomic E-state index is 0.434. The molecule has 1 aromatic carbocycles. The molecule has 0 aromatic heterocycles. The van der Waals surface area contributed by atoms with E-state index in [9.17, 15) is 9.90 Å². The number of carboxylic acids is 1. The van der Waals surface area contributed by atoms with Gasteiger partial charge in [-0.2, -0.15) is 0 Å². The second-order valence-corrected chi connectivity index (χ2v) is 6.33. The van der Waals surface area contributed by atoms with Crippen LogP contribution in [0.3, 0.4) is 0 Å². The Balaban J connectivity index is 2.57. The lowest BCUT2D eigenvalue weighted by Gasteiger charge is -2.37. The van der Waals surface area contributed by atoms with Gasteiger partial charge in [0, 0.05) is 21.0 Å². The summed E-state index contributed by atoms with van der Waals surface area (Å²) in [6, 6.07) is 5.27. The van der Waals surface area contributed by atoms with Crippen LogP contribution in [0.2, 0.25) is 10.0 Å². The lowest BCUT2D eigenvalue weighted by molar-refractivity contribution is -0.133. The number of hydrogen-bond acceptors (Lipinski definition) is 1. The van der Waals surface area contributed by atoms with Gasteiger partial charge in [-0.25, -0.2) is 4.79 Å². The number of carboxylic acid groups (broad SMARTS) is 1. The first-order chi connectivity index (χ1) is 8.83. The number of aliphatic carboxylic acids is 1. The maximum absolute atomic E-state index is 11.5. The first-order valence-electron chi connectivity index (χ1n) is 6.23. The third-order valence-electron chi connectivity index (χ3n) is 3.81. The highest BCUT2D eigenvalue weighted by atomic mass is 35.5. The second kappa shape index (κ2) is 5.18. The van der Waals surface area contributed by atoms with Crippen LogP contribution in [0, 0.1) is 5.92 Å². The minimum Gasteiger partial charge on any atom is -0.478 e. The molecule has 0 fully saturated rings. The van der Waals surface area contributed by atoms with Crippen LogP contribution in [0.4, 0.5) is 0 Å². The Hall–Kier alpha value is -0.990. The predicted octanol–water partition coefficient (Wildman–Crippen LogP) is 4.69. The van der Waals surface area contributed by atoms with E-state index in [2.05, 4.69) is 6.92 Å². The van der Waals surface area contributed by atoms with Gasteiger partial charge >= 0.3 is 5.97 Å². The van der Waals surface area contributed by atoms with Gasteiger partial charge in [-0.3, -0.25) is 0 Å². The topological polar surface area (TPSA) is 37.3 Å². The van der Waals surface area contributed by atoms with Gasteiger partial charge in [0.2, 0.25) is 0 Å². The summed E-state index contributed by atoms with van der Waals surface area (Å²) in [7, 11) is 0. The summed E-state index contributed by atoms with van der Waals surface area (Å²) < 4.78 is 0. The lowest BCUT2D eigenvalue weighted by atomic mass is 9.66. The monoisotopic (exact) mass is 298 g/mol. The van der Waals surface area contributed by atoms with Crippen molar-refractivity contribution in [2.45, 2.75) is 32.1 Å². The third-order valence-corrected chi connectivity index (χ3v) is 4.24. The average molecular weight is 299 g/mol. The molecule has 1 aromatic rings. The summed E-state index contributed by atoms with van der Waals surface area (Å²) in [4.78, 5) is 11.5. The molecule has 19 heavy (non-hydrogen) atoms. The highest BCUT2D eigenvalue weighted by Crippen LogP contribution is 2.44. The highest BCUT2D eigenvalue weighted by Gasteiger charge is 2.39. The van der Waals surface area contributed by atoms with Crippen molar-refractivity contribution in [3.63, 3.8) is 0 Å². The zero-order valence-corrected chi connectivity index (χ0v) is 12.4. The molecule has 0 saturated carbocycles. The van der Waals surface area contributed by atoms with Gasteiger partial charge in [-0.05, 0) is 42.5 Å². The molecule has 2 atom stereocenters. The molecule has 1 aliphatic rings. The minimum atomic E-state index is -0.870. The van der Waals surface area contributed by atoms with Crippen molar-refractivity contribution in [2.75, 3.05) is 0 Å². The largest absolute Gasteiger partial charge is 0.478 e. The molecule has 1 aliphatic carbocycles. The molecule has 2 unspecified atom stereocenters. The summed E-state index contributed by atoms with van der Waals surface area (Å²) in [5.41, 5.74) is 0.757. The van der Waals surface area contributed by atoms with E-state index < -0.39 is 11.4 Å². The molecular formula is C15H16Cl2O2. The summed E-state index contributed by atoms with van der Waals surface area (Å²) in [6.07, 6.45) is 3.40. The van der Waals surface area contributed by atoms with Crippen LogP contribution in [0.5, 0.6) is 0 Å². The predicted molar refractivity (Wildman–Crippen MR) is 77.9 cm³/mol. The number of rotatable bonds is 2. The fourth-order valence-electron chi connectivity index (χ4n) is 2.90. The zero-order valence-electron chi connectivity index (χ0n) is 10.9. The van der Waals surface area contributed by atoms with Crippen LogP contribution in [0.25, 0.3) is 0 Å². The second-order valence-electron chi connectivity index (χ2n) is 5.46. The number of halogens is 2. The number of carbonyl (C=O) groups is 1. The standard InChI is InChI=1S/C15H16Cl2O2/c1-9-3-4-13(14(18)19)15(2,8-9)10-5-11(16)7-12(17)6-10/h4-7,9H,3,8H2,1-2H3,(H,18,19). The Morgan fingerprint density at radius 2 is 1.89 bits per heavy atom. The molecule has 2 rings (SSSR count). The fraction of sp³-hybridized carbons (Fsp3) is 0.400. The van der Waals surface area contributed by atoms with E-state index in [1.807, 2.05) is 25.1 Å². The first kappa shape index (κ1) is 14.4. The summed E-state index contributed by atoms with van der Waals surface area (Å²) >= 11 is 12.1. The van der Waals surface area contributed by atoms with Crippen LogP contribution in [0.15, 0.2) is 29.8 Å². The van der Waals surface area contributed by atoms with Crippen molar-refractivity contribution in [3.05, 3.63) is 45.5 Å². The van der Waals surface area contributed by atoms with Gasteiger partial charge in [-0.15, -0.1) is 0 Å². The Labute approximate surface area is 123 Å². The van der Waals surface area contributed by atoms with Crippen molar-refractivity contribution in [1.82, 2.24) is 0 Å². The molecule has 0 spiro atoms. The number of hydrogen-bond donors (Lipinski definition) is 1. The normalized spacial score (nSPS) is 26.9. The van der Waals surface area contributed by atoms with E-state index in [4.69, 9.17) is 23.2 Å². The van der Waals surface area contributed by atoms with Crippen LogP contribution < -0.4 is 0 Å². The third kappa shape index (κ3) is 2.80. The molecular weight excluding hydrogens is 283 g/mol. The van der Waals surface area contributed by atoms with E-state index in [1.54, 1.807) is 6.07 Å². The van der Waals surface area contributed by atoms with Gasteiger partial charge in [-0.1, -0.05) is 43.1 Å². The average Bonchev–Trinajstić information content (AvgIpc) is 2.26. The van der Waals surface area contributed by atoms with Crippen molar-refractivity contribution in [2.24, 2.45) is 5.92 Å². The van der Waals surface area contributed by atoms with E-state index in [0.29, 0.717) is 21.5 Å². The van der Waals surface area contributed by atoms with Gasteiger partial charge in [0.15, 0.2) is 0 Å². The fourth-order valence-corrected chi connectivity index (χ4v) is 3.43. The molecule has 0 amide bonds. The van der Waals surface area contributed by atoms with E-state index >= 15 is 0 Å². The molecule has 0 bridgehead atoms. The maximum atomic E-state index is 11.5. The highest BCUT2D eigenvalue weighted by molar-refractivity contribution is 6.34. The number of benzene rings is 1. The van der Waals surface area contributed by atoms with Crippen molar-refractivity contribution in [3.8, 4) is 0 Å². The molecule has 0 heterocycles. The Morgan fingerprint density at radius 3 is 2.42 bits per heavy atom. The van der Waals surface area contributed by atoms with Gasteiger partial charge in [0.05, 0.1) is 0 Å². The molecule has 2 nitrogen and oxygen atoms in total. The number of allylic oxidation sites excluding steroid dienone is 1. The Bertz CT molecular complexity index is 531. The Kier molecular flexibility index (Phi) is 3.93. The molecule has 0 radical (unpaired) electrons. The first-order valence-corrected chi connectivity index (χ1v) is 6.99. The lowest BCUT2D eigenvalue weighted by Crippen LogP contribution is -2.34. The van der Waals surface area contributed by atoms with Crippen LogP contribution in [-0.4, -0.2) is 11.1 Å². The van der Waals surface area contributed by atoms with E-state index in [1.165, 1.54) is 0 Å².